The summed E-state index contributed by atoms with van der Waals surface area (Å²) >= 11 is 0. The Morgan fingerprint density at radius 3 is 2.09 bits per heavy atom. The molecule has 3 aromatic carbocycles. The number of amides is 4. The van der Waals surface area contributed by atoms with Crippen LogP contribution in [0.2, 0.25) is 0 Å². The monoisotopic (exact) mass is 628 g/mol. The van der Waals surface area contributed by atoms with E-state index in [2.05, 4.69) is 16.0 Å². The average Bonchev–Trinajstić information content (AvgIpc) is 3.02. The third-order valence-electron chi connectivity index (χ3n) is 8.41. The SMILES string of the molecule is Cc1cccc(C)c1OCC(=O)NC(Cc1ccccc1)[C@@H](O)CC(Cc1ccccc1)NC(=O)C(C(C)C)N1CCCNC1=O. The van der Waals surface area contributed by atoms with Gasteiger partial charge < -0.3 is 30.7 Å². The molecule has 246 valence electrons. The molecule has 1 saturated heterocycles. The second kappa shape index (κ2) is 16.8. The second-order valence-corrected chi connectivity index (χ2v) is 12.5. The Hall–Kier alpha value is -4.37. The van der Waals surface area contributed by atoms with Crippen LogP contribution in [0.3, 0.4) is 0 Å². The summed E-state index contributed by atoms with van der Waals surface area (Å²) in [5.41, 5.74) is 3.84. The Balaban J connectivity index is 1.52. The number of aliphatic hydroxyl groups excluding tert-OH is 1. The van der Waals surface area contributed by atoms with E-state index in [1.54, 1.807) is 4.90 Å². The van der Waals surface area contributed by atoms with Crippen molar-refractivity contribution in [2.45, 2.75) is 77.6 Å². The van der Waals surface area contributed by atoms with Crippen LogP contribution in [0.25, 0.3) is 0 Å². The first-order valence-corrected chi connectivity index (χ1v) is 16.2. The lowest BCUT2D eigenvalue weighted by molar-refractivity contribution is -0.128. The van der Waals surface area contributed by atoms with E-state index >= 15 is 0 Å². The summed E-state index contributed by atoms with van der Waals surface area (Å²) in [5, 5.41) is 20.7. The van der Waals surface area contributed by atoms with E-state index in [0.29, 0.717) is 31.7 Å². The van der Waals surface area contributed by atoms with E-state index < -0.39 is 24.2 Å². The molecule has 4 rings (SSSR count). The zero-order chi connectivity index (χ0) is 33.1. The zero-order valence-corrected chi connectivity index (χ0v) is 27.4. The van der Waals surface area contributed by atoms with Gasteiger partial charge in [0.15, 0.2) is 6.61 Å². The van der Waals surface area contributed by atoms with Crippen molar-refractivity contribution in [3.63, 3.8) is 0 Å². The van der Waals surface area contributed by atoms with Crippen molar-refractivity contribution in [3.8, 4) is 5.75 Å². The minimum absolute atomic E-state index is 0.117. The van der Waals surface area contributed by atoms with Crippen LogP contribution in [-0.2, 0) is 22.4 Å². The van der Waals surface area contributed by atoms with E-state index in [0.717, 1.165) is 28.7 Å². The van der Waals surface area contributed by atoms with Gasteiger partial charge in [0.1, 0.15) is 11.8 Å². The molecule has 0 spiro atoms. The lowest BCUT2D eigenvalue weighted by Gasteiger charge is -2.37. The number of hydrogen-bond donors (Lipinski definition) is 4. The summed E-state index contributed by atoms with van der Waals surface area (Å²) in [5.74, 6) is -0.0493. The van der Waals surface area contributed by atoms with Crippen LogP contribution in [0.1, 0.15) is 48.9 Å². The van der Waals surface area contributed by atoms with Gasteiger partial charge in [-0.3, -0.25) is 9.59 Å². The van der Waals surface area contributed by atoms with Crippen LogP contribution in [0.15, 0.2) is 78.9 Å². The molecule has 46 heavy (non-hydrogen) atoms. The van der Waals surface area contributed by atoms with Gasteiger partial charge >= 0.3 is 6.03 Å². The fourth-order valence-corrected chi connectivity index (χ4v) is 6.12. The van der Waals surface area contributed by atoms with E-state index in [9.17, 15) is 19.5 Å². The largest absolute Gasteiger partial charge is 0.483 e. The quantitative estimate of drug-likeness (QED) is 0.200. The zero-order valence-electron chi connectivity index (χ0n) is 27.4. The maximum atomic E-state index is 13.8. The molecule has 1 aliphatic heterocycles. The summed E-state index contributed by atoms with van der Waals surface area (Å²) in [7, 11) is 0. The highest BCUT2D eigenvalue weighted by Crippen LogP contribution is 2.22. The van der Waals surface area contributed by atoms with Crippen LogP contribution in [0.5, 0.6) is 5.75 Å². The number of carbonyl (C=O) groups excluding carboxylic acids is 3. The van der Waals surface area contributed by atoms with Gasteiger partial charge in [-0.2, -0.15) is 0 Å². The summed E-state index contributed by atoms with van der Waals surface area (Å²) in [6.45, 7) is 8.63. The average molecular weight is 629 g/mol. The second-order valence-electron chi connectivity index (χ2n) is 12.5. The van der Waals surface area contributed by atoms with Crippen molar-refractivity contribution in [1.29, 1.82) is 0 Å². The number of nitrogens with zero attached hydrogens (tertiary/aromatic N) is 1. The number of nitrogens with one attached hydrogen (secondary N) is 3. The Morgan fingerprint density at radius 2 is 1.50 bits per heavy atom. The van der Waals surface area contributed by atoms with Crippen molar-refractivity contribution in [2.24, 2.45) is 5.92 Å². The molecule has 1 aliphatic rings. The predicted molar refractivity (Wildman–Crippen MR) is 180 cm³/mol. The Morgan fingerprint density at radius 1 is 0.891 bits per heavy atom. The van der Waals surface area contributed by atoms with Crippen LogP contribution in [0.4, 0.5) is 4.79 Å². The molecule has 4 N–H and O–H groups in total. The number of benzene rings is 3. The molecule has 1 heterocycles. The number of urea groups is 1. The van der Waals surface area contributed by atoms with Gasteiger partial charge in [0.2, 0.25) is 5.91 Å². The Kier molecular flexibility index (Phi) is 12.6. The predicted octanol–water partition coefficient (Wildman–Crippen LogP) is 4.33. The maximum absolute atomic E-state index is 13.8. The number of hydrogen-bond acceptors (Lipinski definition) is 5. The lowest BCUT2D eigenvalue weighted by Crippen LogP contribution is -2.59. The molecule has 0 aromatic heterocycles. The van der Waals surface area contributed by atoms with Gasteiger partial charge in [-0.05, 0) is 67.7 Å². The molecule has 9 nitrogen and oxygen atoms in total. The highest BCUT2D eigenvalue weighted by Gasteiger charge is 2.35. The number of para-hydroxylation sites is 1. The lowest BCUT2D eigenvalue weighted by atomic mass is 9.92. The fraction of sp³-hybridized carbons (Fsp3) is 0.432. The summed E-state index contributed by atoms with van der Waals surface area (Å²) in [4.78, 5) is 41.3. The minimum atomic E-state index is -0.992. The van der Waals surface area contributed by atoms with Crippen molar-refractivity contribution in [2.75, 3.05) is 19.7 Å². The van der Waals surface area contributed by atoms with E-state index in [4.69, 9.17) is 4.74 Å². The fourth-order valence-electron chi connectivity index (χ4n) is 6.12. The Labute approximate surface area is 272 Å². The maximum Gasteiger partial charge on any atom is 0.318 e. The molecular formula is C37H48N4O5. The van der Waals surface area contributed by atoms with Crippen molar-refractivity contribution in [3.05, 3.63) is 101 Å². The smallest absolute Gasteiger partial charge is 0.318 e. The van der Waals surface area contributed by atoms with E-state index in [-0.39, 0.29) is 36.8 Å². The van der Waals surface area contributed by atoms with Gasteiger partial charge in [-0.15, -0.1) is 0 Å². The first-order chi connectivity index (χ1) is 22.1. The molecule has 0 radical (unpaired) electrons. The number of aryl methyl sites for hydroxylation is 2. The normalized spacial score (nSPS) is 15.8. The third-order valence-corrected chi connectivity index (χ3v) is 8.41. The standard InChI is InChI=1S/C37H48N4O5/c1-25(2)34(41-20-12-19-38-37(41)45)36(44)39-30(21-28-15-7-5-8-16-28)23-32(42)31(22-29-17-9-6-10-18-29)40-33(43)24-46-35-26(3)13-11-14-27(35)4/h5-11,13-18,25,30-32,34,42H,12,19-24H2,1-4H3,(H,38,45)(H,39,44)(H,40,43)/t30?,31?,32-,34?/m0/s1. The Bertz CT molecular complexity index is 1410. The molecule has 0 saturated carbocycles. The minimum Gasteiger partial charge on any atom is -0.483 e. The molecule has 4 atom stereocenters. The summed E-state index contributed by atoms with van der Waals surface area (Å²) in [6, 6.07) is 23.3. The van der Waals surface area contributed by atoms with Gasteiger partial charge in [0.05, 0.1) is 12.1 Å². The number of carbonyl (C=O) groups is 3. The number of rotatable bonds is 15. The van der Waals surface area contributed by atoms with Crippen LogP contribution < -0.4 is 20.7 Å². The highest BCUT2D eigenvalue weighted by atomic mass is 16.5. The van der Waals surface area contributed by atoms with Gasteiger partial charge in [-0.1, -0.05) is 92.7 Å². The molecule has 0 bridgehead atoms. The summed E-state index contributed by atoms with van der Waals surface area (Å²) < 4.78 is 5.90. The van der Waals surface area contributed by atoms with Crippen LogP contribution in [0, 0.1) is 19.8 Å². The summed E-state index contributed by atoms with van der Waals surface area (Å²) in [6.07, 6.45) is 0.831. The van der Waals surface area contributed by atoms with Crippen molar-refractivity contribution < 1.29 is 24.2 Å². The molecular weight excluding hydrogens is 580 g/mol. The molecule has 4 amide bonds. The first kappa shape index (κ1) is 34.5. The third kappa shape index (κ3) is 9.81. The van der Waals surface area contributed by atoms with Crippen LogP contribution in [-0.4, -0.2) is 71.8 Å². The first-order valence-electron chi connectivity index (χ1n) is 16.2. The van der Waals surface area contributed by atoms with E-state index in [1.807, 2.05) is 107 Å². The topological polar surface area (TPSA) is 120 Å². The van der Waals surface area contributed by atoms with E-state index in [1.165, 1.54) is 0 Å². The van der Waals surface area contributed by atoms with Crippen molar-refractivity contribution >= 4 is 17.8 Å². The van der Waals surface area contributed by atoms with Gasteiger partial charge in [0.25, 0.3) is 5.91 Å². The molecule has 1 fully saturated rings. The molecule has 0 aliphatic carbocycles. The van der Waals surface area contributed by atoms with Crippen LogP contribution >= 0.6 is 0 Å². The molecule has 3 unspecified atom stereocenters. The number of ether oxygens (including phenoxy) is 1. The molecule has 9 heteroatoms. The van der Waals surface area contributed by atoms with Gasteiger partial charge in [0, 0.05) is 19.1 Å². The molecule has 3 aromatic rings. The van der Waals surface area contributed by atoms with Gasteiger partial charge in [-0.25, -0.2) is 4.79 Å². The number of aliphatic hydroxyl groups is 1. The highest BCUT2D eigenvalue weighted by molar-refractivity contribution is 5.87. The van der Waals surface area contributed by atoms with Crippen molar-refractivity contribution in [1.82, 2.24) is 20.9 Å².